The van der Waals surface area contributed by atoms with Gasteiger partial charge in [-0.05, 0) is 11.4 Å². The number of rotatable bonds is 6. The lowest BCUT2D eigenvalue weighted by molar-refractivity contribution is 0.102. The van der Waals surface area contributed by atoms with Crippen LogP contribution in [-0.2, 0) is 6.54 Å². The van der Waals surface area contributed by atoms with Crippen LogP contribution in [0.4, 0.5) is 5.82 Å². The number of aromatic nitrogens is 2. The van der Waals surface area contributed by atoms with E-state index in [1.165, 1.54) is 11.3 Å². The number of hydrogen-bond donors (Lipinski definition) is 2. The number of carbonyl (C=O) groups excluding carboxylic acids is 1. The fourth-order valence-corrected chi connectivity index (χ4v) is 3.48. The van der Waals surface area contributed by atoms with Gasteiger partial charge in [-0.1, -0.05) is 6.07 Å². The van der Waals surface area contributed by atoms with E-state index in [1.807, 2.05) is 23.6 Å². The number of nitrogens with one attached hydrogen (secondary N) is 1. The average Bonchev–Trinajstić information content (AvgIpc) is 3.28. The summed E-state index contributed by atoms with van der Waals surface area (Å²) in [6, 6.07) is 7.41. The third-order valence-electron chi connectivity index (χ3n) is 3.14. The van der Waals surface area contributed by atoms with Crippen molar-refractivity contribution in [3.8, 4) is 16.3 Å². The maximum absolute atomic E-state index is 12.3. The molecule has 8 heteroatoms. The van der Waals surface area contributed by atoms with Crippen LogP contribution in [0.2, 0.25) is 0 Å². The number of carbonyl (C=O) groups is 1. The Labute approximate surface area is 141 Å². The minimum Gasteiger partial charge on any atom is -0.496 e. The Morgan fingerprint density at radius 2 is 2.30 bits per heavy atom. The summed E-state index contributed by atoms with van der Waals surface area (Å²) in [7, 11) is 1.56. The van der Waals surface area contributed by atoms with Gasteiger partial charge < -0.3 is 15.2 Å². The van der Waals surface area contributed by atoms with Crippen molar-refractivity contribution in [3.05, 3.63) is 39.9 Å². The van der Waals surface area contributed by atoms with Gasteiger partial charge in [0.25, 0.3) is 5.91 Å². The van der Waals surface area contributed by atoms with Crippen LogP contribution in [-0.4, -0.2) is 34.5 Å². The van der Waals surface area contributed by atoms with Gasteiger partial charge in [0.05, 0.1) is 30.0 Å². The van der Waals surface area contributed by atoms with Crippen LogP contribution in [0.1, 0.15) is 9.67 Å². The molecule has 0 fully saturated rings. The van der Waals surface area contributed by atoms with E-state index < -0.39 is 0 Å². The minimum absolute atomic E-state index is 0.0543. The average molecular weight is 349 g/mol. The van der Waals surface area contributed by atoms with Crippen LogP contribution in [0.15, 0.2) is 35.0 Å². The molecule has 6 nitrogen and oxygen atoms in total. The first-order valence-electron chi connectivity index (χ1n) is 6.87. The zero-order chi connectivity index (χ0) is 16.2. The molecule has 0 spiro atoms. The van der Waals surface area contributed by atoms with Crippen molar-refractivity contribution >= 4 is 34.4 Å². The molecular formula is C15H15N3O3S2. The van der Waals surface area contributed by atoms with E-state index in [9.17, 15) is 9.90 Å². The predicted molar refractivity (Wildman–Crippen MR) is 91.5 cm³/mol. The van der Waals surface area contributed by atoms with Gasteiger partial charge in [0.2, 0.25) is 0 Å². The Hall–Kier alpha value is -2.16. The molecule has 0 aliphatic rings. The summed E-state index contributed by atoms with van der Waals surface area (Å²) in [5, 5.41) is 20.2. The number of thiophene rings is 2. The van der Waals surface area contributed by atoms with Crippen molar-refractivity contribution in [2.45, 2.75) is 6.54 Å². The summed E-state index contributed by atoms with van der Waals surface area (Å²) in [6.45, 7) is 0.260. The molecule has 0 aliphatic carbocycles. The lowest BCUT2D eigenvalue weighted by Gasteiger charge is -2.06. The smallest absolute Gasteiger partial charge is 0.267 e. The number of anilines is 1. The summed E-state index contributed by atoms with van der Waals surface area (Å²) >= 11 is 2.88. The van der Waals surface area contributed by atoms with E-state index in [4.69, 9.17) is 4.74 Å². The molecule has 1 amide bonds. The molecule has 120 valence electrons. The highest BCUT2D eigenvalue weighted by Gasteiger charge is 2.15. The molecule has 3 aromatic heterocycles. The van der Waals surface area contributed by atoms with Crippen LogP contribution < -0.4 is 10.1 Å². The lowest BCUT2D eigenvalue weighted by Crippen LogP contribution is -2.15. The normalized spacial score (nSPS) is 10.7. The highest BCUT2D eigenvalue weighted by atomic mass is 32.1. The van der Waals surface area contributed by atoms with Gasteiger partial charge in [-0.3, -0.25) is 4.79 Å². The summed E-state index contributed by atoms with van der Waals surface area (Å²) in [4.78, 5) is 13.9. The zero-order valence-corrected chi connectivity index (χ0v) is 14.0. The Kier molecular flexibility index (Phi) is 4.75. The number of amides is 1. The highest BCUT2D eigenvalue weighted by molar-refractivity contribution is 7.13. The molecule has 2 N–H and O–H groups in total. The molecule has 0 aliphatic heterocycles. The quantitative estimate of drug-likeness (QED) is 0.717. The van der Waals surface area contributed by atoms with E-state index in [0.29, 0.717) is 23.0 Å². The van der Waals surface area contributed by atoms with Crippen molar-refractivity contribution in [2.75, 3.05) is 19.0 Å². The first kappa shape index (κ1) is 15.7. The fraction of sp³-hybridized carbons (Fsp3) is 0.200. The molecule has 0 saturated heterocycles. The highest BCUT2D eigenvalue weighted by Crippen LogP contribution is 2.27. The largest absolute Gasteiger partial charge is 0.496 e. The van der Waals surface area contributed by atoms with Gasteiger partial charge >= 0.3 is 0 Å². The van der Waals surface area contributed by atoms with Crippen molar-refractivity contribution in [1.29, 1.82) is 0 Å². The molecule has 0 atom stereocenters. The molecular weight excluding hydrogens is 334 g/mol. The molecule has 0 aromatic carbocycles. The Morgan fingerprint density at radius 1 is 1.43 bits per heavy atom. The van der Waals surface area contributed by atoms with Gasteiger partial charge in [-0.15, -0.1) is 22.7 Å². The van der Waals surface area contributed by atoms with Crippen LogP contribution in [0.5, 0.6) is 5.75 Å². The monoisotopic (exact) mass is 349 g/mol. The molecule has 23 heavy (non-hydrogen) atoms. The summed E-state index contributed by atoms with van der Waals surface area (Å²) in [6.07, 6.45) is 0. The topological polar surface area (TPSA) is 76.4 Å². The lowest BCUT2D eigenvalue weighted by atomic mass is 10.3. The number of nitrogens with zero attached hydrogens (tertiary/aromatic N) is 2. The Balaban J connectivity index is 1.84. The molecule has 3 heterocycles. The molecule has 0 bridgehead atoms. The molecule has 3 aromatic rings. The number of methoxy groups -OCH3 is 1. The summed E-state index contributed by atoms with van der Waals surface area (Å²) < 4.78 is 6.69. The minimum atomic E-state index is -0.227. The van der Waals surface area contributed by atoms with Crippen molar-refractivity contribution in [3.63, 3.8) is 0 Å². The van der Waals surface area contributed by atoms with Crippen LogP contribution in [0.25, 0.3) is 10.6 Å². The van der Waals surface area contributed by atoms with Gasteiger partial charge in [-0.2, -0.15) is 5.10 Å². The maximum Gasteiger partial charge on any atom is 0.267 e. The Bertz CT molecular complexity index is 793. The SMILES string of the molecule is COc1csc(C(=O)Nc2cc(-c3cccs3)nn2CCO)c1. The van der Waals surface area contributed by atoms with Crippen LogP contribution in [0, 0.1) is 0 Å². The number of ether oxygens (including phenoxy) is 1. The van der Waals surface area contributed by atoms with Gasteiger partial charge in [0, 0.05) is 17.5 Å². The van der Waals surface area contributed by atoms with E-state index in [2.05, 4.69) is 10.4 Å². The summed E-state index contributed by atoms with van der Waals surface area (Å²) in [5.41, 5.74) is 0.771. The number of hydrogen-bond acceptors (Lipinski definition) is 6. The van der Waals surface area contributed by atoms with Crippen molar-refractivity contribution in [1.82, 2.24) is 9.78 Å². The molecule has 0 saturated carbocycles. The second kappa shape index (κ2) is 6.95. The maximum atomic E-state index is 12.3. The second-order valence-corrected chi connectivity index (χ2v) is 6.50. The number of aliphatic hydroxyl groups is 1. The van der Waals surface area contributed by atoms with Gasteiger partial charge in [-0.25, -0.2) is 4.68 Å². The van der Waals surface area contributed by atoms with E-state index in [0.717, 1.165) is 10.6 Å². The van der Waals surface area contributed by atoms with E-state index >= 15 is 0 Å². The van der Waals surface area contributed by atoms with E-state index in [-0.39, 0.29) is 12.5 Å². The predicted octanol–water partition coefficient (Wildman–Crippen LogP) is 2.93. The third kappa shape index (κ3) is 3.44. The fourth-order valence-electron chi connectivity index (χ4n) is 2.05. The second-order valence-electron chi connectivity index (χ2n) is 4.64. The van der Waals surface area contributed by atoms with Crippen LogP contribution in [0.3, 0.4) is 0 Å². The summed E-state index contributed by atoms with van der Waals surface area (Å²) in [5.74, 6) is 0.984. The van der Waals surface area contributed by atoms with Crippen molar-refractivity contribution < 1.29 is 14.6 Å². The first-order valence-corrected chi connectivity index (χ1v) is 8.63. The number of aliphatic hydroxyl groups excluding tert-OH is 1. The van der Waals surface area contributed by atoms with Crippen LogP contribution >= 0.6 is 22.7 Å². The van der Waals surface area contributed by atoms with E-state index in [1.54, 1.807) is 34.6 Å². The van der Waals surface area contributed by atoms with Gasteiger partial charge in [0.1, 0.15) is 17.3 Å². The Morgan fingerprint density at radius 3 is 2.96 bits per heavy atom. The third-order valence-corrected chi connectivity index (χ3v) is 4.94. The zero-order valence-electron chi connectivity index (χ0n) is 12.4. The van der Waals surface area contributed by atoms with Crippen molar-refractivity contribution in [2.24, 2.45) is 0 Å². The molecule has 3 rings (SSSR count). The standard InChI is InChI=1S/C15H15N3O3S2/c1-21-10-7-13(23-9-10)15(20)16-14-8-11(12-3-2-6-22-12)17-18(14)4-5-19/h2-3,6-9,19H,4-5H2,1H3,(H,16,20). The molecule has 0 radical (unpaired) electrons. The molecule has 0 unspecified atom stereocenters. The van der Waals surface area contributed by atoms with Gasteiger partial charge in [0.15, 0.2) is 0 Å². The first-order chi connectivity index (χ1) is 11.2.